The summed E-state index contributed by atoms with van der Waals surface area (Å²) in [7, 11) is 0. The van der Waals surface area contributed by atoms with Crippen LogP contribution in [0.25, 0.3) is 21.8 Å². The van der Waals surface area contributed by atoms with Crippen LogP contribution in [0, 0.1) is 5.41 Å². The number of benzene rings is 3. The Labute approximate surface area is 274 Å². The molecule has 7 heteroatoms. The van der Waals surface area contributed by atoms with Gasteiger partial charge >= 0.3 is 0 Å². The quantitative estimate of drug-likeness (QED) is 0.0973. The van der Waals surface area contributed by atoms with Gasteiger partial charge in [0, 0.05) is 84.6 Å². The van der Waals surface area contributed by atoms with Crippen LogP contribution in [-0.2, 0) is 24.4 Å². The average molecular weight is 594 g/mol. The minimum absolute atomic E-state index is 0. The van der Waals surface area contributed by atoms with Gasteiger partial charge in [0.25, 0.3) is 0 Å². The number of nitrogens with zero attached hydrogens (tertiary/aromatic N) is 2. The van der Waals surface area contributed by atoms with Crippen molar-refractivity contribution in [3.05, 3.63) is 101 Å². The molecule has 2 heterocycles. The van der Waals surface area contributed by atoms with Crippen molar-refractivity contribution >= 4 is 81.0 Å². The van der Waals surface area contributed by atoms with Crippen molar-refractivity contribution in [2.75, 3.05) is 0 Å². The van der Waals surface area contributed by atoms with Crippen LogP contribution in [0.4, 0.5) is 0 Å². The first-order valence-electron chi connectivity index (χ1n) is 13.5. The summed E-state index contributed by atoms with van der Waals surface area (Å²) in [5.41, 5.74) is 4.79. The zero-order chi connectivity index (χ0) is 28.5. The molecule has 0 unspecified atom stereocenters. The molecule has 4 nitrogen and oxygen atoms in total. The number of fused-ring (bicyclic) bond motifs is 2. The van der Waals surface area contributed by atoms with Crippen LogP contribution >= 0.6 is 23.4 Å². The zero-order valence-corrected chi connectivity index (χ0v) is 28.3. The predicted molar refractivity (Wildman–Crippen MR) is 173 cm³/mol. The third-order valence-corrected chi connectivity index (χ3v) is 8.26. The summed E-state index contributed by atoms with van der Waals surface area (Å²) in [6.45, 7) is 11.7. The molecule has 0 spiro atoms. The van der Waals surface area contributed by atoms with E-state index in [4.69, 9.17) is 21.3 Å². The molecule has 0 aliphatic rings. The Morgan fingerprint density at radius 2 is 1.68 bits per heavy atom. The molecular formula is C34H35ClN2NaO2S. The monoisotopic (exact) mass is 593 g/mol. The van der Waals surface area contributed by atoms with Crippen LogP contribution in [0.2, 0.25) is 5.02 Å². The number of carbonyl (C=O) groups is 1. The first-order chi connectivity index (χ1) is 19.0. The van der Waals surface area contributed by atoms with E-state index in [1.165, 1.54) is 4.90 Å². The summed E-state index contributed by atoms with van der Waals surface area (Å²) in [4.78, 5) is 18.0. The number of halogens is 1. The van der Waals surface area contributed by atoms with Gasteiger partial charge in [-0.1, -0.05) is 82.6 Å². The fourth-order valence-electron chi connectivity index (χ4n) is 4.81. The second-order valence-electron chi connectivity index (χ2n) is 11.9. The molecule has 1 radical (unpaired) electrons. The molecule has 41 heavy (non-hydrogen) atoms. The van der Waals surface area contributed by atoms with Gasteiger partial charge in [-0.15, -0.1) is 11.8 Å². The number of para-hydroxylation sites is 1. The van der Waals surface area contributed by atoms with Gasteiger partial charge in [0.1, 0.15) is 18.6 Å². The topological polar surface area (TPSA) is 44.1 Å². The average Bonchev–Trinajstić information content (AvgIpc) is 3.18. The summed E-state index contributed by atoms with van der Waals surface area (Å²) in [5.74, 6) is 0.794. The van der Waals surface area contributed by atoms with E-state index in [1.807, 2.05) is 68.1 Å². The molecule has 0 amide bonds. The van der Waals surface area contributed by atoms with Gasteiger partial charge in [-0.05, 0) is 48.0 Å². The molecule has 2 aromatic heterocycles. The molecule has 5 rings (SSSR count). The van der Waals surface area contributed by atoms with Gasteiger partial charge in [0.2, 0.25) is 0 Å². The van der Waals surface area contributed by atoms with E-state index >= 15 is 0 Å². The van der Waals surface area contributed by atoms with Gasteiger partial charge in [0.15, 0.2) is 0 Å². The number of ether oxygens (including phenoxy) is 1. The number of aldehydes is 1. The van der Waals surface area contributed by atoms with Crippen molar-refractivity contribution in [1.29, 1.82) is 0 Å². The summed E-state index contributed by atoms with van der Waals surface area (Å²) in [5, 5.41) is 2.97. The molecule has 0 saturated carbocycles. The number of pyridine rings is 1. The third kappa shape index (κ3) is 7.77. The Hall–Kier alpha value is -2.28. The van der Waals surface area contributed by atoms with Crippen LogP contribution in [-0.4, -0.2) is 50.1 Å². The smallest absolute Gasteiger partial charge is 0.130 e. The Balaban J connectivity index is 0.00000387. The van der Waals surface area contributed by atoms with E-state index in [0.29, 0.717) is 19.6 Å². The van der Waals surface area contributed by atoms with Crippen LogP contribution in [0.3, 0.4) is 0 Å². The van der Waals surface area contributed by atoms with Gasteiger partial charge in [0.05, 0.1) is 11.2 Å². The standard InChI is InChI=1S/C34H35ClN2O2S.Na/c1-33(2,3)40-32-28-18-27(39-21-26-15-12-24-8-6-7-9-29(24)36-26)16-17-30(28)37(31(32)19-34(4,5)22-38)20-23-10-13-25(35)14-11-23;/h6-18,22H,19-21H2,1-5H3;. The largest absolute Gasteiger partial charge is 0.487 e. The molecule has 207 valence electrons. The summed E-state index contributed by atoms with van der Waals surface area (Å²) < 4.78 is 8.62. The molecule has 5 aromatic rings. The van der Waals surface area contributed by atoms with Gasteiger partial charge in [-0.25, -0.2) is 4.98 Å². The predicted octanol–water partition coefficient (Wildman–Crippen LogP) is 8.75. The van der Waals surface area contributed by atoms with E-state index in [1.54, 1.807) is 0 Å². The molecular weight excluding hydrogens is 559 g/mol. The first kappa shape index (κ1) is 31.7. The summed E-state index contributed by atoms with van der Waals surface area (Å²) >= 11 is 8.02. The zero-order valence-electron chi connectivity index (χ0n) is 24.7. The first-order valence-corrected chi connectivity index (χ1v) is 14.7. The molecule has 0 aliphatic heterocycles. The Kier molecular flexibility index (Phi) is 9.98. The maximum atomic E-state index is 12.0. The van der Waals surface area contributed by atoms with E-state index in [9.17, 15) is 4.79 Å². The SMILES string of the molecule is CC(C)(C=O)Cc1c(SC(C)(C)C)c2cc(OCc3ccc4ccccc4n3)ccc2n1Cc1ccc(Cl)cc1.[Na]. The number of hydrogen-bond donors (Lipinski definition) is 0. The van der Waals surface area contributed by atoms with Crippen molar-refractivity contribution < 1.29 is 9.53 Å². The number of thioether (sulfide) groups is 1. The maximum Gasteiger partial charge on any atom is 0.130 e. The van der Waals surface area contributed by atoms with Crippen molar-refractivity contribution in [3.63, 3.8) is 0 Å². The Morgan fingerprint density at radius 3 is 2.39 bits per heavy atom. The Bertz CT molecular complexity index is 1670. The number of carbonyl (C=O) groups excluding carboxylic acids is 1. The summed E-state index contributed by atoms with van der Waals surface area (Å²) in [6, 6.07) is 26.5. The van der Waals surface area contributed by atoms with Crippen LogP contribution in [0.15, 0.2) is 83.8 Å². The summed E-state index contributed by atoms with van der Waals surface area (Å²) in [6.07, 6.45) is 1.70. The van der Waals surface area contributed by atoms with E-state index in [0.717, 1.165) is 55.8 Å². The van der Waals surface area contributed by atoms with E-state index < -0.39 is 5.41 Å². The molecule has 3 aromatic carbocycles. The van der Waals surface area contributed by atoms with Crippen molar-refractivity contribution in [2.24, 2.45) is 5.41 Å². The van der Waals surface area contributed by atoms with Gasteiger partial charge in [-0.2, -0.15) is 0 Å². The molecule has 0 saturated heterocycles. The number of aromatic nitrogens is 2. The second kappa shape index (κ2) is 12.9. The molecule has 0 atom stereocenters. The fraction of sp³-hybridized carbons (Fsp3) is 0.294. The molecule has 0 bridgehead atoms. The van der Waals surface area contributed by atoms with Gasteiger partial charge in [-0.3, -0.25) is 0 Å². The van der Waals surface area contributed by atoms with Crippen LogP contribution < -0.4 is 4.74 Å². The van der Waals surface area contributed by atoms with Gasteiger partial charge < -0.3 is 14.1 Å². The Morgan fingerprint density at radius 1 is 0.951 bits per heavy atom. The molecule has 0 aliphatic carbocycles. The normalized spacial score (nSPS) is 12.0. The third-order valence-electron chi connectivity index (χ3n) is 6.74. The minimum atomic E-state index is -0.500. The maximum absolute atomic E-state index is 12.0. The van der Waals surface area contributed by atoms with Crippen molar-refractivity contribution in [1.82, 2.24) is 9.55 Å². The van der Waals surface area contributed by atoms with E-state index in [-0.39, 0.29) is 34.3 Å². The van der Waals surface area contributed by atoms with Crippen molar-refractivity contribution in [3.8, 4) is 5.75 Å². The minimum Gasteiger partial charge on any atom is -0.487 e. The fourth-order valence-corrected chi connectivity index (χ4v) is 6.13. The van der Waals surface area contributed by atoms with E-state index in [2.05, 4.69) is 61.7 Å². The van der Waals surface area contributed by atoms with Crippen LogP contribution in [0.1, 0.15) is 51.6 Å². The molecule has 0 N–H and O–H groups in total. The number of hydrogen-bond acceptors (Lipinski definition) is 4. The number of rotatable bonds is 9. The second-order valence-corrected chi connectivity index (χ2v) is 14.2. The van der Waals surface area contributed by atoms with Crippen LogP contribution in [0.5, 0.6) is 5.75 Å². The van der Waals surface area contributed by atoms with Crippen molar-refractivity contribution in [2.45, 2.75) is 63.8 Å². The molecule has 0 fully saturated rings.